The molecular weight excluding hydrogens is 537 g/mol. The molecular formula is C32H36FN5O4. The van der Waals surface area contributed by atoms with Crippen LogP contribution in [0.4, 0.5) is 10.1 Å². The maximum absolute atomic E-state index is 14.1. The van der Waals surface area contributed by atoms with Crippen LogP contribution in [0.5, 0.6) is 0 Å². The number of hydrogen-bond acceptors (Lipinski definition) is 5. The van der Waals surface area contributed by atoms with E-state index in [0.29, 0.717) is 17.7 Å². The highest BCUT2D eigenvalue weighted by Crippen LogP contribution is 2.46. The lowest BCUT2D eigenvalue weighted by atomic mass is 9.80. The number of rotatable bonds is 7. The summed E-state index contributed by atoms with van der Waals surface area (Å²) < 4.78 is 13.1. The molecule has 9 nitrogen and oxygen atoms in total. The van der Waals surface area contributed by atoms with Crippen molar-refractivity contribution < 1.29 is 23.6 Å². The number of carbonyl (C=O) groups excluding carboxylic acids is 4. The van der Waals surface area contributed by atoms with Gasteiger partial charge in [-0.25, -0.2) is 4.39 Å². The molecule has 1 spiro atoms. The van der Waals surface area contributed by atoms with Gasteiger partial charge in [0, 0.05) is 31.8 Å². The predicted octanol–water partition coefficient (Wildman–Crippen LogP) is 3.62. The number of para-hydroxylation sites is 1. The van der Waals surface area contributed by atoms with Crippen LogP contribution >= 0.6 is 0 Å². The number of halogens is 1. The SMILES string of the molecule is C[C@H](NC(=O)/C=C/c1ccc(F)cc1)C(=O)N(C)[C@@H](CC(C)(C)C)C(=O)N1C[C@]2(C[C@H]1C#N)C(=O)Nc1ccccc12. The van der Waals surface area contributed by atoms with Crippen molar-refractivity contribution in [2.45, 2.75) is 64.1 Å². The second-order valence-electron chi connectivity index (χ2n) is 12.2. The van der Waals surface area contributed by atoms with E-state index in [1.165, 1.54) is 60.2 Å². The first-order valence-electron chi connectivity index (χ1n) is 13.9. The molecule has 1 fully saturated rings. The van der Waals surface area contributed by atoms with E-state index < -0.39 is 41.3 Å². The van der Waals surface area contributed by atoms with Crippen LogP contribution < -0.4 is 10.6 Å². The zero-order valence-electron chi connectivity index (χ0n) is 24.5. The van der Waals surface area contributed by atoms with E-state index in [1.807, 2.05) is 39.0 Å². The predicted molar refractivity (Wildman–Crippen MR) is 156 cm³/mol. The second-order valence-corrected chi connectivity index (χ2v) is 12.2. The summed E-state index contributed by atoms with van der Waals surface area (Å²) in [7, 11) is 1.51. The van der Waals surface area contributed by atoms with Crippen molar-refractivity contribution in [3.63, 3.8) is 0 Å². The third-order valence-electron chi connectivity index (χ3n) is 7.85. The number of nitriles is 1. The monoisotopic (exact) mass is 573 g/mol. The molecule has 220 valence electrons. The molecule has 2 aliphatic heterocycles. The van der Waals surface area contributed by atoms with Gasteiger partial charge in [-0.3, -0.25) is 19.2 Å². The van der Waals surface area contributed by atoms with Gasteiger partial charge in [0.25, 0.3) is 0 Å². The molecule has 4 rings (SSSR count). The third-order valence-corrected chi connectivity index (χ3v) is 7.85. The van der Waals surface area contributed by atoms with Crippen molar-refractivity contribution in [1.82, 2.24) is 15.1 Å². The summed E-state index contributed by atoms with van der Waals surface area (Å²) in [6.45, 7) is 7.40. The summed E-state index contributed by atoms with van der Waals surface area (Å²) in [6, 6.07) is 12.3. The standard InChI is InChI=1S/C32H36FN5O4/c1-20(35-27(39)15-12-21-10-13-22(33)14-11-21)28(40)37(5)26(17-31(2,3)4)29(41)38-19-32(16-23(38)18-34)24-8-6-7-9-25(24)36-30(32)42/h6-15,20,23,26H,16-17,19H2,1-5H3,(H,35,39)(H,36,42)/b15-12+/t20-,23-,26-,32-/m0/s1. The highest BCUT2D eigenvalue weighted by Gasteiger charge is 2.56. The van der Waals surface area contributed by atoms with Crippen molar-refractivity contribution in [3.8, 4) is 6.07 Å². The summed E-state index contributed by atoms with van der Waals surface area (Å²) >= 11 is 0. The molecule has 0 bridgehead atoms. The number of amides is 4. The van der Waals surface area contributed by atoms with Crippen LogP contribution in [0, 0.1) is 22.6 Å². The summed E-state index contributed by atoms with van der Waals surface area (Å²) in [6.07, 6.45) is 3.21. The topological polar surface area (TPSA) is 123 Å². The van der Waals surface area contributed by atoms with E-state index >= 15 is 0 Å². The van der Waals surface area contributed by atoms with Gasteiger partial charge in [0.1, 0.15) is 23.9 Å². The molecule has 0 unspecified atom stereocenters. The van der Waals surface area contributed by atoms with E-state index in [0.717, 1.165) is 5.56 Å². The van der Waals surface area contributed by atoms with E-state index in [-0.39, 0.29) is 30.1 Å². The van der Waals surface area contributed by atoms with E-state index in [1.54, 1.807) is 6.07 Å². The summed E-state index contributed by atoms with van der Waals surface area (Å²) in [5.74, 6) is -2.06. The Morgan fingerprint density at radius 3 is 2.52 bits per heavy atom. The Balaban J connectivity index is 1.53. The molecule has 1 saturated heterocycles. The van der Waals surface area contributed by atoms with E-state index in [2.05, 4.69) is 16.7 Å². The zero-order valence-corrected chi connectivity index (χ0v) is 24.5. The van der Waals surface area contributed by atoms with Gasteiger partial charge in [-0.05, 0) is 54.2 Å². The van der Waals surface area contributed by atoms with Crippen molar-refractivity contribution in [2.75, 3.05) is 18.9 Å². The lowest BCUT2D eigenvalue weighted by Gasteiger charge is -2.36. The molecule has 4 amide bonds. The molecule has 2 heterocycles. The largest absolute Gasteiger partial charge is 0.341 e. The minimum absolute atomic E-state index is 0.0239. The highest BCUT2D eigenvalue weighted by atomic mass is 19.1. The number of likely N-dealkylation sites (N-methyl/N-ethyl adjacent to an activating group) is 1. The lowest BCUT2D eigenvalue weighted by molar-refractivity contribution is -0.147. The van der Waals surface area contributed by atoms with Gasteiger partial charge in [0.15, 0.2) is 0 Å². The van der Waals surface area contributed by atoms with Gasteiger partial charge in [-0.1, -0.05) is 51.1 Å². The summed E-state index contributed by atoms with van der Waals surface area (Å²) in [4.78, 5) is 56.1. The molecule has 2 aromatic rings. The smallest absolute Gasteiger partial charge is 0.246 e. The number of fused-ring (bicyclic) bond motifs is 2. The third kappa shape index (κ3) is 6.20. The molecule has 2 N–H and O–H groups in total. The number of carbonyl (C=O) groups is 4. The van der Waals surface area contributed by atoms with Crippen LogP contribution in [0.1, 0.15) is 51.7 Å². The van der Waals surface area contributed by atoms with Gasteiger partial charge < -0.3 is 20.4 Å². The first-order chi connectivity index (χ1) is 19.8. The Morgan fingerprint density at radius 1 is 1.21 bits per heavy atom. The molecule has 2 aliphatic rings. The maximum atomic E-state index is 14.1. The number of nitrogens with one attached hydrogen (secondary N) is 2. The molecule has 4 atom stereocenters. The number of likely N-dealkylation sites (tertiary alicyclic amines) is 1. The minimum Gasteiger partial charge on any atom is -0.341 e. The second kappa shape index (κ2) is 11.8. The normalized spacial score (nSPS) is 21.0. The Kier molecular flexibility index (Phi) is 8.53. The minimum atomic E-state index is -1.04. The van der Waals surface area contributed by atoms with Crippen molar-refractivity contribution in [1.29, 1.82) is 5.26 Å². The Bertz CT molecular complexity index is 1460. The Hall–Kier alpha value is -4.52. The van der Waals surface area contributed by atoms with E-state index in [4.69, 9.17) is 0 Å². The first-order valence-corrected chi connectivity index (χ1v) is 13.9. The van der Waals surface area contributed by atoms with Gasteiger partial charge in [-0.15, -0.1) is 0 Å². The van der Waals surface area contributed by atoms with Crippen molar-refractivity contribution in [3.05, 3.63) is 71.6 Å². The van der Waals surface area contributed by atoms with Crippen molar-refractivity contribution >= 4 is 35.4 Å². The first kappa shape index (κ1) is 30.4. The van der Waals surface area contributed by atoms with Crippen LogP contribution in [-0.2, 0) is 24.6 Å². The quantitative estimate of drug-likeness (QED) is 0.490. The van der Waals surface area contributed by atoms with Crippen molar-refractivity contribution in [2.24, 2.45) is 5.41 Å². The molecule has 0 aromatic heterocycles. The van der Waals surface area contributed by atoms with Gasteiger partial charge >= 0.3 is 0 Å². The molecule has 2 aromatic carbocycles. The average Bonchev–Trinajstić information content (AvgIpc) is 3.47. The number of hydrogen-bond donors (Lipinski definition) is 2. The molecule has 0 saturated carbocycles. The molecule has 0 radical (unpaired) electrons. The molecule has 42 heavy (non-hydrogen) atoms. The molecule has 0 aliphatic carbocycles. The maximum Gasteiger partial charge on any atom is 0.246 e. The van der Waals surface area contributed by atoms with Gasteiger partial charge in [0.05, 0.1) is 11.5 Å². The van der Waals surface area contributed by atoms with E-state index in [9.17, 15) is 28.8 Å². The fourth-order valence-corrected chi connectivity index (χ4v) is 5.68. The summed E-state index contributed by atoms with van der Waals surface area (Å²) in [5, 5.41) is 15.5. The number of anilines is 1. The van der Waals surface area contributed by atoms with Gasteiger partial charge in [0.2, 0.25) is 23.6 Å². The zero-order chi connectivity index (χ0) is 30.8. The number of benzene rings is 2. The fourth-order valence-electron chi connectivity index (χ4n) is 5.68. The van der Waals surface area contributed by atoms with Crippen LogP contribution in [0.3, 0.4) is 0 Å². The van der Waals surface area contributed by atoms with Crippen LogP contribution in [0.2, 0.25) is 0 Å². The Morgan fingerprint density at radius 2 is 1.88 bits per heavy atom. The fraction of sp³-hybridized carbons (Fsp3) is 0.406. The van der Waals surface area contributed by atoms with Gasteiger partial charge in [-0.2, -0.15) is 5.26 Å². The van der Waals surface area contributed by atoms with Crippen LogP contribution in [0.15, 0.2) is 54.6 Å². The summed E-state index contributed by atoms with van der Waals surface area (Å²) in [5.41, 5.74) is 0.639. The highest BCUT2D eigenvalue weighted by molar-refractivity contribution is 6.07. The van der Waals surface area contributed by atoms with Crippen LogP contribution in [0.25, 0.3) is 6.08 Å². The number of nitrogens with zero attached hydrogens (tertiary/aromatic N) is 3. The average molecular weight is 574 g/mol. The molecule has 10 heteroatoms. The Labute approximate surface area is 245 Å². The van der Waals surface area contributed by atoms with Crippen LogP contribution in [-0.4, -0.2) is 65.1 Å². The lowest BCUT2D eigenvalue weighted by Crippen LogP contribution is -2.56.